The molecule has 0 unspecified atom stereocenters. The van der Waals surface area contributed by atoms with Gasteiger partial charge in [-0.3, -0.25) is 9.56 Å². The summed E-state index contributed by atoms with van der Waals surface area (Å²) in [5.74, 6) is 0.549. The van der Waals surface area contributed by atoms with Crippen LogP contribution in [0.2, 0.25) is 0 Å². The summed E-state index contributed by atoms with van der Waals surface area (Å²) in [6.07, 6.45) is 1.76. The number of nitrogens with zero attached hydrogens (tertiary/aromatic N) is 3. The molecule has 1 aromatic heterocycles. The molecule has 0 fully saturated rings. The zero-order valence-electron chi connectivity index (χ0n) is 14.6. The van der Waals surface area contributed by atoms with Crippen molar-refractivity contribution in [3.8, 4) is 0 Å². The molecular weight excluding hydrogens is 381 g/mol. The molecule has 0 saturated carbocycles. The Morgan fingerprint density at radius 2 is 1.76 bits per heavy atom. The third-order valence-corrected chi connectivity index (χ3v) is 6.19. The van der Waals surface area contributed by atoms with Crippen molar-refractivity contribution in [2.75, 3.05) is 0 Å². The highest BCUT2D eigenvalue weighted by Gasteiger charge is 2.45. The number of aromatic nitrogens is 2. The van der Waals surface area contributed by atoms with Crippen molar-refractivity contribution in [3.63, 3.8) is 0 Å². The van der Waals surface area contributed by atoms with E-state index in [1.54, 1.807) is 12.4 Å². The fourth-order valence-electron chi connectivity index (χ4n) is 3.47. The van der Waals surface area contributed by atoms with Gasteiger partial charge in [0.25, 0.3) is 0 Å². The Morgan fingerprint density at radius 1 is 1.04 bits per heavy atom. The summed E-state index contributed by atoms with van der Waals surface area (Å²) in [7, 11) is 0. The van der Waals surface area contributed by atoms with Crippen LogP contribution in [0.4, 0.5) is 4.39 Å². The Morgan fingerprint density at radius 3 is 2.52 bits per heavy atom. The quantitative estimate of drug-likeness (QED) is 0.504. The minimum atomic E-state index is -0.458. The van der Waals surface area contributed by atoms with E-state index in [9.17, 15) is 4.39 Å². The van der Waals surface area contributed by atoms with E-state index < -0.39 is 11.0 Å². The van der Waals surface area contributed by atoms with Gasteiger partial charge in [0.1, 0.15) is 23.5 Å². The summed E-state index contributed by atoms with van der Waals surface area (Å²) in [5, 5.41) is 0. The standard InChI is InChI=1S/C20H19BrFN3/c1-19(2)16-12(7-5-9-14(16)22)18(24-20(19,3)4)25-11-23-17-13(21)8-6-10-15(17)25/h5-11H,1-4H3. The Kier molecular flexibility index (Phi) is 3.45. The predicted molar refractivity (Wildman–Crippen MR) is 103 cm³/mol. The van der Waals surface area contributed by atoms with E-state index in [2.05, 4.69) is 48.6 Å². The van der Waals surface area contributed by atoms with Crippen LogP contribution in [0.25, 0.3) is 11.0 Å². The molecular formula is C20H19BrFN3. The number of imidazole rings is 1. The molecule has 0 atom stereocenters. The van der Waals surface area contributed by atoms with Crippen LogP contribution in [0, 0.1) is 5.82 Å². The summed E-state index contributed by atoms with van der Waals surface area (Å²) < 4.78 is 17.7. The Balaban J connectivity index is 2.07. The molecule has 5 heteroatoms. The lowest BCUT2D eigenvalue weighted by Crippen LogP contribution is -2.47. The Bertz CT molecular complexity index is 1030. The second kappa shape index (κ2) is 5.24. The van der Waals surface area contributed by atoms with Crippen molar-refractivity contribution in [3.05, 3.63) is 64.1 Å². The zero-order valence-corrected chi connectivity index (χ0v) is 16.2. The summed E-state index contributed by atoms with van der Waals surface area (Å²) >= 11 is 3.54. The zero-order chi connectivity index (χ0) is 18.0. The third kappa shape index (κ3) is 2.21. The van der Waals surface area contributed by atoms with Gasteiger partial charge in [0, 0.05) is 21.0 Å². The molecule has 0 aliphatic carbocycles. The topological polar surface area (TPSA) is 30.2 Å². The van der Waals surface area contributed by atoms with Crippen molar-refractivity contribution < 1.29 is 4.39 Å². The van der Waals surface area contributed by atoms with E-state index in [1.807, 2.05) is 28.8 Å². The Hall–Kier alpha value is -2.01. The van der Waals surface area contributed by atoms with Gasteiger partial charge in [-0.1, -0.05) is 32.0 Å². The highest BCUT2D eigenvalue weighted by Crippen LogP contribution is 2.44. The fourth-order valence-corrected chi connectivity index (χ4v) is 3.93. The molecule has 3 aromatic rings. The van der Waals surface area contributed by atoms with E-state index in [0.29, 0.717) is 5.56 Å². The first kappa shape index (κ1) is 16.5. The molecule has 2 aromatic carbocycles. The maximum Gasteiger partial charge on any atom is 0.141 e. The van der Waals surface area contributed by atoms with Crippen LogP contribution in [0.3, 0.4) is 0 Å². The summed E-state index contributed by atoms with van der Waals surface area (Å²) in [4.78, 5) is 9.54. The number of rotatable bonds is 0. The van der Waals surface area contributed by atoms with Gasteiger partial charge >= 0.3 is 0 Å². The van der Waals surface area contributed by atoms with Crippen LogP contribution in [0.15, 0.2) is 52.2 Å². The molecule has 0 spiro atoms. The van der Waals surface area contributed by atoms with Crippen LogP contribution in [-0.2, 0) is 5.41 Å². The lowest BCUT2D eigenvalue weighted by molar-refractivity contribution is 0.292. The monoisotopic (exact) mass is 399 g/mol. The normalized spacial score (nSPS) is 18.1. The Labute approximate surface area is 154 Å². The summed E-state index contributed by atoms with van der Waals surface area (Å²) in [6, 6.07) is 11.1. The fraction of sp³-hybridized carbons (Fsp3) is 0.300. The molecule has 3 nitrogen and oxygen atoms in total. The maximum absolute atomic E-state index is 14.8. The first-order valence-corrected chi connectivity index (χ1v) is 9.04. The van der Waals surface area contributed by atoms with Crippen molar-refractivity contribution in [1.29, 1.82) is 0 Å². The first-order valence-electron chi connectivity index (χ1n) is 8.25. The molecule has 0 amide bonds. The SMILES string of the molecule is CC1(C)N=C(n2cnc3c(Br)cccc32)c2cccc(F)c2C1(C)C. The minimum absolute atomic E-state index is 0.187. The van der Waals surface area contributed by atoms with Crippen molar-refractivity contribution in [2.24, 2.45) is 4.99 Å². The highest BCUT2D eigenvalue weighted by molar-refractivity contribution is 9.10. The molecule has 0 saturated heterocycles. The van der Waals surface area contributed by atoms with Gasteiger partial charge in [-0.25, -0.2) is 9.37 Å². The molecule has 2 heterocycles. The lowest BCUT2D eigenvalue weighted by atomic mass is 9.66. The molecule has 0 N–H and O–H groups in total. The molecule has 1 aliphatic heterocycles. The average molecular weight is 400 g/mol. The molecule has 0 bridgehead atoms. The summed E-state index contributed by atoms with van der Waals surface area (Å²) in [5.41, 5.74) is 2.46. The van der Waals surface area contributed by atoms with Crippen LogP contribution in [0.1, 0.15) is 38.8 Å². The van der Waals surface area contributed by atoms with E-state index in [-0.39, 0.29) is 5.82 Å². The average Bonchev–Trinajstić information content (AvgIpc) is 2.96. The van der Waals surface area contributed by atoms with E-state index >= 15 is 0 Å². The van der Waals surface area contributed by atoms with Gasteiger partial charge in [0.15, 0.2) is 0 Å². The summed E-state index contributed by atoms with van der Waals surface area (Å²) in [6.45, 7) is 8.21. The number of fused-ring (bicyclic) bond motifs is 2. The van der Waals surface area contributed by atoms with E-state index in [1.165, 1.54) is 6.07 Å². The van der Waals surface area contributed by atoms with Crippen molar-refractivity contribution in [2.45, 2.75) is 38.6 Å². The number of hydrogen-bond donors (Lipinski definition) is 0. The molecule has 4 rings (SSSR count). The first-order chi connectivity index (χ1) is 11.7. The molecule has 0 radical (unpaired) electrons. The van der Waals surface area contributed by atoms with Crippen LogP contribution in [0.5, 0.6) is 0 Å². The number of benzene rings is 2. The molecule has 1 aliphatic rings. The van der Waals surface area contributed by atoms with Crippen molar-refractivity contribution >= 4 is 32.8 Å². The van der Waals surface area contributed by atoms with Gasteiger partial charge in [0.2, 0.25) is 0 Å². The number of aliphatic imine (C=N–C) groups is 1. The maximum atomic E-state index is 14.8. The second-order valence-corrected chi connectivity index (χ2v) is 8.36. The number of para-hydroxylation sites is 1. The second-order valence-electron chi connectivity index (χ2n) is 7.50. The smallest absolute Gasteiger partial charge is 0.141 e. The highest BCUT2D eigenvalue weighted by atomic mass is 79.9. The van der Waals surface area contributed by atoms with Crippen LogP contribution >= 0.6 is 15.9 Å². The van der Waals surface area contributed by atoms with Gasteiger partial charge in [-0.05, 0) is 48.0 Å². The van der Waals surface area contributed by atoms with Gasteiger partial charge < -0.3 is 0 Å². The van der Waals surface area contributed by atoms with Gasteiger partial charge in [-0.2, -0.15) is 0 Å². The van der Waals surface area contributed by atoms with Gasteiger partial charge in [0.05, 0.1) is 11.1 Å². The lowest BCUT2D eigenvalue weighted by Gasteiger charge is -2.44. The third-order valence-electron chi connectivity index (χ3n) is 5.55. The van der Waals surface area contributed by atoms with Crippen LogP contribution in [-0.4, -0.2) is 20.9 Å². The van der Waals surface area contributed by atoms with E-state index in [4.69, 9.17) is 4.99 Å². The van der Waals surface area contributed by atoms with Gasteiger partial charge in [-0.15, -0.1) is 0 Å². The molecule has 128 valence electrons. The number of hydrogen-bond acceptors (Lipinski definition) is 2. The predicted octanol–water partition coefficient (Wildman–Crippen LogP) is 5.30. The van der Waals surface area contributed by atoms with E-state index in [0.717, 1.165) is 26.9 Å². The largest absolute Gasteiger partial charge is 0.283 e. The minimum Gasteiger partial charge on any atom is -0.283 e. The van der Waals surface area contributed by atoms with Crippen LogP contribution < -0.4 is 0 Å². The molecule has 25 heavy (non-hydrogen) atoms. The number of halogens is 2. The van der Waals surface area contributed by atoms with Crippen molar-refractivity contribution in [1.82, 2.24) is 9.55 Å².